The summed E-state index contributed by atoms with van der Waals surface area (Å²) in [5.41, 5.74) is 0.263. The summed E-state index contributed by atoms with van der Waals surface area (Å²) in [4.78, 5) is 0. The normalized spacial score (nSPS) is 22.3. The number of hydrogen-bond donors (Lipinski definition) is 2. The number of nitrogens with one attached hydrogen (secondary N) is 1. The first-order valence-corrected chi connectivity index (χ1v) is 7.65. The molecular formula is C15H22BrNO3. The van der Waals surface area contributed by atoms with E-state index in [2.05, 4.69) is 21.2 Å². The molecule has 0 saturated carbocycles. The van der Waals surface area contributed by atoms with Gasteiger partial charge in [0, 0.05) is 23.5 Å². The fourth-order valence-corrected chi connectivity index (χ4v) is 2.96. The van der Waals surface area contributed by atoms with E-state index in [1.165, 1.54) is 0 Å². The van der Waals surface area contributed by atoms with Crippen molar-refractivity contribution in [1.82, 2.24) is 5.32 Å². The van der Waals surface area contributed by atoms with Crippen LogP contribution in [0.25, 0.3) is 0 Å². The fourth-order valence-electron chi connectivity index (χ4n) is 2.58. The molecule has 2 unspecified atom stereocenters. The van der Waals surface area contributed by atoms with Gasteiger partial charge in [0.15, 0.2) is 0 Å². The van der Waals surface area contributed by atoms with Crippen LogP contribution in [0.15, 0.2) is 22.7 Å². The quantitative estimate of drug-likeness (QED) is 0.859. The molecule has 0 bridgehead atoms. The zero-order valence-corrected chi connectivity index (χ0v) is 13.6. The lowest BCUT2D eigenvalue weighted by atomic mass is 9.89. The zero-order valence-electron chi connectivity index (χ0n) is 12.0. The van der Waals surface area contributed by atoms with E-state index in [4.69, 9.17) is 9.47 Å². The lowest BCUT2D eigenvalue weighted by Crippen LogP contribution is -2.46. The Morgan fingerprint density at radius 3 is 3.00 bits per heavy atom. The Hall–Kier alpha value is -0.620. The summed E-state index contributed by atoms with van der Waals surface area (Å²) in [6.45, 7) is 4.13. The van der Waals surface area contributed by atoms with Crippen molar-refractivity contribution < 1.29 is 14.6 Å². The zero-order chi connectivity index (χ0) is 14.6. The average Bonchev–Trinajstić information content (AvgIpc) is 2.41. The number of benzene rings is 1. The maximum atomic E-state index is 10.7. The first kappa shape index (κ1) is 15.8. The number of ether oxygens (including phenoxy) is 2. The van der Waals surface area contributed by atoms with Crippen molar-refractivity contribution in [2.75, 3.05) is 26.9 Å². The molecular weight excluding hydrogens is 322 g/mol. The summed E-state index contributed by atoms with van der Waals surface area (Å²) in [5.74, 6) is 0.804. The van der Waals surface area contributed by atoms with Crippen LogP contribution < -0.4 is 10.1 Å². The highest BCUT2D eigenvalue weighted by Crippen LogP contribution is 2.28. The van der Waals surface area contributed by atoms with Crippen LogP contribution >= 0.6 is 15.9 Å². The molecule has 0 aliphatic carbocycles. The first-order chi connectivity index (χ1) is 9.50. The van der Waals surface area contributed by atoms with E-state index < -0.39 is 5.60 Å². The highest BCUT2D eigenvalue weighted by atomic mass is 79.9. The second-order valence-corrected chi connectivity index (χ2v) is 6.42. The highest BCUT2D eigenvalue weighted by Gasteiger charge is 2.28. The van der Waals surface area contributed by atoms with E-state index in [-0.39, 0.29) is 6.04 Å². The minimum absolute atomic E-state index is 0.211. The summed E-state index contributed by atoms with van der Waals surface area (Å²) in [6, 6.07) is 6.03. The van der Waals surface area contributed by atoms with E-state index in [9.17, 15) is 5.11 Å². The third kappa shape index (κ3) is 4.45. The molecule has 4 nitrogen and oxygen atoms in total. The standard InChI is InChI=1S/C15H22BrNO3/c1-15(18,9-12-10-20-6-5-17-12)8-11-7-13(19-2)3-4-14(11)16/h3-4,7,12,17-18H,5-6,8-10H2,1-2H3. The smallest absolute Gasteiger partial charge is 0.119 e. The van der Waals surface area contributed by atoms with Crippen LogP contribution in [0.1, 0.15) is 18.9 Å². The maximum absolute atomic E-state index is 10.7. The lowest BCUT2D eigenvalue weighted by molar-refractivity contribution is 0.00640. The predicted molar refractivity (Wildman–Crippen MR) is 82.2 cm³/mol. The summed E-state index contributed by atoms with van der Waals surface area (Å²) < 4.78 is 11.7. The van der Waals surface area contributed by atoms with Gasteiger partial charge >= 0.3 is 0 Å². The van der Waals surface area contributed by atoms with Gasteiger partial charge in [-0.1, -0.05) is 15.9 Å². The average molecular weight is 344 g/mol. The lowest BCUT2D eigenvalue weighted by Gasteiger charge is -2.32. The summed E-state index contributed by atoms with van der Waals surface area (Å²) in [5, 5.41) is 14.0. The van der Waals surface area contributed by atoms with Gasteiger partial charge in [-0.2, -0.15) is 0 Å². The Morgan fingerprint density at radius 2 is 2.35 bits per heavy atom. The van der Waals surface area contributed by atoms with Crippen LogP contribution in [0.5, 0.6) is 5.75 Å². The van der Waals surface area contributed by atoms with Gasteiger partial charge in [-0.25, -0.2) is 0 Å². The molecule has 20 heavy (non-hydrogen) atoms. The van der Waals surface area contributed by atoms with Crippen molar-refractivity contribution in [1.29, 1.82) is 0 Å². The number of halogens is 1. The number of hydrogen-bond acceptors (Lipinski definition) is 4. The fraction of sp³-hybridized carbons (Fsp3) is 0.600. The molecule has 112 valence electrons. The minimum Gasteiger partial charge on any atom is -0.497 e. The molecule has 1 aliphatic heterocycles. The number of methoxy groups -OCH3 is 1. The highest BCUT2D eigenvalue weighted by molar-refractivity contribution is 9.10. The van der Waals surface area contributed by atoms with Crippen LogP contribution in [0.3, 0.4) is 0 Å². The monoisotopic (exact) mass is 343 g/mol. The van der Waals surface area contributed by atoms with Crippen LogP contribution in [0.2, 0.25) is 0 Å². The van der Waals surface area contributed by atoms with Crippen LogP contribution in [-0.2, 0) is 11.2 Å². The maximum Gasteiger partial charge on any atom is 0.119 e. The van der Waals surface area contributed by atoms with Gasteiger partial charge in [-0.05, 0) is 37.1 Å². The van der Waals surface area contributed by atoms with E-state index in [0.717, 1.165) is 28.9 Å². The Labute approximate surface area is 128 Å². The molecule has 1 saturated heterocycles. The van der Waals surface area contributed by atoms with E-state index in [1.54, 1.807) is 7.11 Å². The molecule has 5 heteroatoms. The molecule has 1 fully saturated rings. The number of rotatable bonds is 5. The van der Waals surface area contributed by atoms with Crippen LogP contribution in [0.4, 0.5) is 0 Å². The van der Waals surface area contributed by atoms with Crippen molar-refractivity contribution in [2.24, 2.45) is 0 Å². The molecule has 2 rings (SSSR count). The third-order valence-corrected chi connectivity index (χ3v) is 4.28. The predicted octanol–water partition coefficient (Wildman–Crippen LogP) is 2.13. The van der Waals surface area contributed by atoms with E-state index in [0.29, 0.717) is 19.4 Å². The molecule has 1 aromatic rings. The SMILES string of the molecule is COc1ccc(Br)c(CC(C)(O)CC2COCCN2)c1. The van der Waals surface area contributed by atoms with Crippen molar-refractivity contribution in [3.05, 3.63) is 28.2 Å². The molecule has 0 radical (unpaired) electrons. The van der Waals surface area contributed by atoms with E-state index in [1.807, 2.05) is 25.1 Å². The van der Waals surface area contributed by atoms with Crippen molar-refractivity contribution in [2.45, 2.75) is 31.4 Å². The molecule has 0 aromatic heterocycles. The molecule has 0 amide bonds. The van der Waals surface area contributed by atoms with Crippen molar-refractivity contribution >= 4 is 15.9 Å². The Balaban J connectivity index is 2.02. The van der Waals surface area contributed by atoms with Crippen LogP contribution in [0, 0.1) is 0 Å². The van der Waals surface area contributed by atoms with Gasteiger partial charge in [0.05, 0.1) is 25.9 Å². The molecule has 1 aliphatic rings. The minimum atomic E-state index is -0.784. The third-order valence-electron chi connectivity index (χ3n) is 3.51. The van der Waals surface area contributed by atoms with E-state index >= 15 is 0 Å². The van der Waals surface area contributed by atoms with Gasteiger partial charge in [0.2, 0.25) is 0 Å². The summed E-state index contributed by atoms with van der Waals surface area (Å²) >= 11 is 3.53. The number of morpholine rings is 1. The Morgan fingerprint density at radius 1 is 1.55 bits per heavy atom. The summed E-state index contributed by atoms with van der Waals surface area (Å²) in [7, 11) is 1.65. The molecule has 1 aromatic carbocycles. The summed E-state index contributed by atoms with van der Waals surface area (Å²) in [6.07, 6.45) is 1.24. The second kappa shape index (κ2) is 6.89. The van der Waals surface area contributed by atoms with Crippen molar-refractivity contribution in [3.63, 3.8) is 0 Å². The number of aliphatic hydroxyl groups is 1. The van der Waals surface area contributed by atoms with Gasteiger partial charge in [-0.3, -0.25) is 0 Å². The second-order valence-electron chi connectivity index (χ2n) is 5.56. The topological polar surface area (TPSA) is 50.7 Å². The van der Waals surface area contributed by atoms with Gasteiger partial charge < -0.3 is 19.9 Å². The molecule has 1 heterocycles. The van der Waals surface area contributed by atoms with Gasteiger partial charge in [0.1, 0.15) is 5.75 Å². The molecule has 0 spiro atoms. The molecule has 2 atom stereocenters. The van der Waals surface area contributed by atoms with Crippen molar-refractivity contribution in [3.8, 4) is 5.75 Å². The van der Waals surface area contributed by atoms with Crippen LogP contribution in [-0.4, -0.2) is 43.6 Å². The van der Waals surface area contributed by atoms with Gasteiger partial charge in [0.25, 0.3) is 0 Å². The Kier molecular flexibility index (Phi) is 5.43. The Bertz CT molecular complexity index is 445. The molecule has 2 N–H and O–H groups in total. The largest absolute Gasteiger partial charge is 0.497 e. The van der Waals surface area contributed by atoms with Gasteiger partial charge in [-0.15, -0.1) is 0 Å². The first-order valence-electron chi connectivity index (χ1n) is 6.86.